The first kappa shape index (κ1) is 20.7. The van der Waals surface area contributed by atoms with Crippen LogP contribution in [-0.4, -0.2) is 31.0 Å². The van der Waals surface area contributed by atoms with Crippen molar-refractivity contribution < 1.29 is 19.3 Å². The molecule has 0 radical (unpaired) electrons. The Kier molecular flexibility index (Phi) is 6.03. The van der Waals surface area contributed by atoms with Crippen LogP contribution in [0.2, 0.25) is 0 Å². The number of benzene rings is 3. The summed E-state index contributed by atoms with van der Waals surface area (Å²) >= 11 is 0. The predicted molar refractivity (Wildman–Crippen MR) is 123 cm³/mol. The molecule has 1 N–H and O–H groups in total. The van der Waals surface area contributed by atoms with Crippen LogP contribution in [0.5, 0.6) is 23.0 Å². The van der Waals surface area contributed by atoms with Crippen LogP contribution in [0.15, 0.2) is 72.9 Å². The SMILES string of the molecule is COc1ccc(C(CCn2ccc3ccccc32)c2c(O)cc(OC)cc2OC)cc1. The highest BCUT2D eigenvalue weighted by molar-refractivity contribution is 5.79. The molecule has 0 saturated carbocycles. The van der Waals surface area contributed by atoms with Crippen molar-refractivity contribution in [3.63, 3.8) is 0 Å². The predicted octanol–water partition coefficient (Wildman–Crippen LogP) is 5.59. The summed E-state index contributed by atoms with van der Waals surface area (Å²) in [6.45, 7) is 0.791. The Labute approximate surface area is 182 Å². The molecule has 0 aliphatic rings. The Balaban J connectivity index is 1.74. The number of rotatable bonds is 8. The summed E-state index contributed by atoms with van der Waals surface area (Å²) in [5.41, 5.74) is 3.03. The number of para-hydroxylation sites is 1. The van der Waals surface area contributed by atoms with Crippen molar-refractivity contribution in [2.45, 2.75) is 18.9 Å². The van der Waals surface area contributed by atoms with Gasteiger partial charge >= 0.3 is 0 Å². The monoisotopic (exact) mass is 417 g/mol. The van der Waals surface area contributed by atoms with Gasteiger partial charge in [-0.15, -0.1) is 0 Å². The van der Waals surface area contributed by atoms with Crippen LogP contribution in [0, 0.1) is 0 Å². The minimum Gasteiger partial charge on any atom is -0.507 e. The topological polar surface area (TPSA) is 52.9 Å². The van der Waals surface area contributed by atoms with Crippen LogP contribution in [0.25, 0.3) is 10.9 Å². The summed E-state index contributed by atoms with van der Waals surface area (Å²) in [4.78, 5) is 0. The van der Waals surface area contributed by atoms with Gasteiger partial charge in [0.2, 0.25) is 0 Å². The Morgan fingerprint density at radius 3 is 2.29 bits per heavy atom. The molecule has 0 aliphatic carbocycles. The maximum Gasteiger partial charge on any atom is 0.130 e. The lowest BCUT2D eigenvalue weighted by Crippen LogP contribution is -2.09. The van der Waals surface area contributed by atoms with E-state index in [9.17, 15) is 5.11 Å². The third kappa shape index (κ3) is 4.17. The van der Waals surface area contributed by atoms with Crippen molar-refractivity contribution in [1.29, 1.82) is 0 Å². The lowest BCUT2D eigenvalue weighted by molar-refractivity contribution is 0.375. The molecule has 160 valence electrons. The van der Waals surface area contributed by atoms with Crippen LogP contribution in [0.3, 0.4) is 0 Å². The van der Waals surface area contributed by atoms with E-state index in [-0.39, 0.29) is 11.7 Å². The molecule has 4 rings (SSSR count). The van der Waals surface area contributed by atoms with E-state index in [4.69, 9.17) is 14.2 Å². The third-order valence-corrected chi connectivity index (χ3v) is 5.75. The van der Waals surface area contributed by atoms with Crippen molar-refractivity contribution in [3.8, 4) is 23.0 Å². The second-order valence-electron chi connectivity index (χ2n) is 7.44. The molecule has 0 saturated heterocycles. The second-order valence-corrected chi connectivity index (χ2v) is 7.44. The van der Waals surface area contributed by atoms with Crippen LogP contribution in [-0.2, 0) is 6.54 Å². The van der Waals surface area contributed by atoms with E-state index in [0.717, 1.165) is 29.8 Å². The van der Waals surface area contributed by atoms with Gasteiger partial charge in [-0.05, 0) is 41.6 Å². The van der Waals surface area contributed by atoms with E-state index in [1.54, 1.807) is 27.4 Å². The fourth-order valence-corrected chi connectivity index (χ4v) is 4.14. The molecule has 3 aromatic carbocycles. The minimum atomic E-state index is -0.0760. The molecule has 1 unspecified atom stereocenters. The molecule has 4 aromatic rings. The van der Waals surface area contributed by atoms with Crippen LogP contribution in [0.4, 0.5) is 0 Å². The molecule has 31 heavy (non-hydrogen) atoms. The van der Waals surface area contributed by atoms with Gasteiger partial charge in [0.05, 0.1) is 21.3 Å². The van der Waals surface area contributed by atoms with Gasteiger partial charge in [-0.1, -0.05) is 30.3 Å². The average Bonchev–Trinajstić information content (AvgIpc) is 3.23. The molecular weight excluding hydrogens is 390 g/mol. The van der Waals surface area contributed by atoms with Gasteiger partial charge in [0.25, 0.3) is 0 Å². The van der Waals surface area contributed by atoms with Gasteiger partial charge in [0.15, 0.2) is 0 Å². The number of hydrogen-bond acceptors (Lipinski definition) is 4. The molecule has 1 heterocycles. The molecule has 1 atom stereocenters. The van der Waals surface area contributed by atoms with Gasteiger partial charge in [0.1, 0.15) is 23.0 Å². The average molecular weight is 418 g/mol. The van der Waals surface area contributed by atoms with Gasteiger partial charge in [-0.2, -0.15) is 0 Å². The van der Waals surface area contributed by atoms with E-state index >= 15 is 0 Å². The fourth-order valence-electron chi connectivity index (χ4n) is 4.14. The fraction of sp³-hybridized carbons (Fsp3) is 0.231. The zero-order chi connectivity index (χ0) is 21.8. The quantitative estimate of drug-likeness (QED) is 0.406. The van der Waals surface area contributed by atoms with Gasteiger partial charge in [-0.3, -0.25) is 0 Å². The lowest BCUT2D eigenvalue weighted by atomic mass is 9.87. The van der Waals surface area contributed by atoms with E-state index in [1.165, 1.54) is 10.9 Å². The van der Waals surface area contributed by atoms with Crippen molar-refractivity contribution in [1.82, 2.24) is 4.57 Å². The smallest absolute Gasteiger partial charge is 0.130 e. The summed E-state index contributed by atoms with van der Waals surface area (Å²) in [6.07, 6.45) is 2.89. The third-order valence-electron chi connectivity index (χ3n) is 5.75. The van der Waals surface area contributed by atoms with Crippen LogP contribution >= 0.6 is 0 Å². The standard InChI is InChI=1S/C26H27NO4/c1-29-20-10-8-18(9-11-20)22(26-24(28)16-21(30-2)17-25(26)31-3)13-15-27-14-12-19-6-4-5-7-23(19)27/h4-12,14,16-17,22,28H,13,15H2,1-3H3. The molecule has 0 fully saturated rings. The number of aromatic hydroxyl groups is 1. The van der Waals surface area contributed by atoms with E-state index in [2.05, 4.69) is 35.0 Å². The van der Waals surface area contributed by atoms with Crippen LogP contribution in [0.1, 0.15) is 23.5 Å². The van der Waals surface area contributed by atoms with Crippen molar-refractivity contribution >= 4 is 10.9 Å². The van der Waals surface area contributed by atoms with Gasteiger partial charge in [0, 0.05) is 41.9 Å². The minimum absolute atomic E-state index is 0.0760. The Bertz CT molecular complexity index is 1160. The number of ether oxygens (including phenoxy) is 3. The zero-order valence-corrected chi connectivity index (χ0v) is 18.0. The summed E-state index contributed by atoms with van der Waals surface area (Å²) in [5.74, 6) is 2.05. The Morgan fingerprint density at radius 2 is 1.58 bits per heavy atom. The van der Waals surface area contributed by atoms with E-state index in [1.807, 2.05) is 36.4 Å². The molecule has 0 amide bonds. The maximum absolute atomic E-state index is 10.9. The Morgan fingerprint density at radius 1 is 0.839 bits per heavy atom. The van der Waals surface area contributed by atoms with Gasteiger partial charge in [-0.25, -0.2) is 0 Å². The summed E-state index contributed by atoms with van der Waals surface area (Å²) in [6, 6.07) is 21.9. The number of fused-ring (bicyclic) bond motifs is 1. The number of nitrogens with zero attached hydrogens (tertiary/aromatic N) is 1. The number of phenolic OH excluding ortho intramolecular Hbond substituents is 1. The molecule has 5 nitrogen and oxygen atoms in total. The van der Waals surface area contributed by atoms with Crippen molar-refractivity contribution in [3.05, 3.63) is 84.1 Å². The molecule has 0 aliphatic heterocycles. The summed E-state index contributed by atoms with van der Waals surface area (Å²) in [5, 5.41) is 12.1. The number of hydrogen-bond donors (Lipinski definition) is 1. The highest BCUT2D eigenvalue weighted by atomic mass is 16.5. The number of phenols is 1. The largest absolute Gasteiger partial charge is 0.507 e. The first-order valence-electron chi connectivity index (χ1n) is 10.3. The highest BCUT2D eigenvalue weighted by Crippen LogP contribution is 2.43. The Hall–Kier alpha value is -3.60. The van der Waals surface area contributed by atoms with Crippen molar-refractivity contribution in [2.75, 3.05) is 21.3 Å². The molecule has 0 spiro atoms. The van der Waals surface area contributed by atoms with Crippen molar-refractivity contribution in [2.24, 2.45) is 0 Å². The van der Waals surface area contributed by atoms with E-state index < -0.39 is 0 Å². The normalized spacial score (nSPS) is 12.0. The summed E-state index contributed by atoms with van der Waals surface area (Å²) in [7, 11) is 4.84. The zero-order valence-electron chi connectivity index (χ0n) is 18.0. The molecule has 5 heteroatoms. The first-order chi connectivity index (χ1) is 15.1. The molecule has 0 bridgehead atoms. The number of methoxy groups -OCH3 is 3. The first-order valence-corrected chi connectivity index (χ1v) is 10.3. The van der Waals surface area contributed by atoms with Gasteiger partial charge < -0.3 is 23.9 Å². The second kappa shape index (κ2) is 9.04. The maximum atomic E-state index is 10.9. The van der Waals surface area contributed by atoms with E-state index in [0.29, 0.717) is 11.5 Å². The van der Waals surface area contributed by atoms with Crippen LogP contribution < -0.4 is 14.2 Å². The summed E-state index contributed by atoms with van der Waals surface area (Å²) < 4.78 is 18.5. The number of aryl methyl sites for hydroxylation is 1. The molecular formula is C26H27NO4. The molecule has 1 aromatic heterocycles. The highest BCUT2D eigenvalue weighted by Gasteiger charge is 2.24. The lowest BCUT2D eigenvalue weighted by Gasteiger charge is -2.23. The number of aromatic nitrogens is 1.